The van der Waals surface area contributed by atoms with Gasteiger partial charge in [-0.1, -0.05) is 87.9 Å². The van der Waals surface area contributed by atoms with E-state index in [-0.39, 0.29) is 13.0 Å². The van der Waals surface area contributed by atoms with Gasteiger partial charge in [-0.3, -0.25) is 24.1 Å². The number of aliphatic hydroxyl groups excluding tert-OH is 1. The summed E-state index contributed by atoms with van der Waals surface area (Å²) in [5, 5.41) is 13.4. The molecule has 6 N–H and O–H groups in total. The first-order valence-electron chi connectivity index (χ1n) is 16.7. The number of hydrogen-bond acceptors (Lipinski definition) is 11. The van der Waals surface area contributed by atoms with Gasteiger partial charge in [-0.05, 0) is 37.3 Å². The molecular weight excluding hydrogens is 646 g/mol. The van der Waals surface area contributed by atoms with Crippen LogP contribution in [0.15, 0.2) is 60.7 Å². The third kappa shape index (κ3) is 10.9. The summed E-state index contributed by atoms with van der Waals surface area (Å²) in [4.78, 5) is 82.1. The number of unbranched alkanes of at least 4 members (excludes halogenated alkanes) is 1. The average Bonchev–Trinajstić information content (AvgIpc) is 3.11. The molecule has 2 aromatic rings. The predicted molar refractivity (Wildman–Crippen MR) is 184 cm³/mol. The summed E-state index contributed by atoms with van der Waals surface area (Å²) >= 11 is 0. The van der Waals surface area contributed by atoms with Crippen molar-refractivity contribution in [1.82, 2.24) is 15.1 Å². The molecule has 3 unspecified atom stereocenters. The third-order valence-electron chi connectivity index (χ3n) is 8.24. The number of nitrogens with one attached hydrogen (secondary N) is 1. The second-order valence-corrected chi connectivity index (χ2v) is 12.4. The quantitative estimate of drug-likeness (QED) is 0.176. The largest absolute Gasteiger partial charge is 0.467 e. The molecule has 0 fully saturated rings. The Morgan fingerprint density at radius 3 is 1.94 bits per heavy atom. The molecule has 0 radical (unpaired) electrons. The van der Waals surface area contributed by atoms with Crippen molar-refractivity contribution in [2.24, 2.45) is 23.3 Å². The van der Waals surface area contributed by atoms with Gasteiger partial charge in [-0.25, -0.2) is 14.5 Å². The molecule has 0 aliphatic heterocycles. The van der Waals surface area contributed by atoms with Crippen LogP contribution in [0.4, 0.5) is 4.79 Å². The number of methoxy groups -OCH3 is 1. The van der Waals surface area contributed by atoms with E-state index in [2.05, 4.69) is 5.32 Å². The van der Waals surface area contributed by atoms with Crippen molar-refractivity contribution in [3.63, 3.8) is 0 Å². The van der Waals surface area contributed by atoms with Crippen molar-refractivity contribution in [3.8, 4) is 0 Å². The van der Waals surface area contributed by atoms with E-state index in [1.54, 1.807) is 74.5 Å². The summed E-state index contributed by atoms with van der Waals surface area (Å²) in [6, 6.07) is 10.3. The number of nitrogens with zero attached hydrogens (tertiary/aromatic N) is 2. The molecule has 14 nitrogen and oxygen atoms in total. The predicted octanol–water partition coefficient (Wildman–Crippen LogP) is 2.42. The molecule has 0 bridgehead atoms. The Bertz CT molecular complexity index is 1440. The monoisotopic (exact) mass is 697 g/mol. The fraction of sp³-hybridized carbons (Fsp3) is 0.500. The van der Waals surface area contributed by atoms with Gasteiger partial charge in [0, 0.05) is 12.3 Å². The Morgan fingerprint density at radius 2 is 1.44 bits per heavy atom. The first kappa shape index (κ1) is 41.5. The standard InChI is InChI=1S/C36H51N5O9/c1-7-8-19-28(43)41(31(22(2)3)35(47)49-6)34(46)29(38)27(20-42)30(26-17-13-10-14-18-26)39-32(44)24(5)40(33(45)23(4)37)36(48)50-21-25-15-11-9-12-16-25/h9-18,22-24,27,29-31,42H,7-8,19-21,37-38H2,1-6H3,(H,39,44)/t23-,24-,27?,29?,30+,31?/m0/s1. The van der Waals surface area contributed by atoms with Crippen LogP contribution in [0.3, 0.4) is 0 Å². The number of hydrogen-bond donors (Lipinski definition) is 4. The van der Waals surface area contributed by atoms with Crippen molar-refractivity contribution in [2.45, 2.75) is 90.7 Å². The molecule has 0 saturated carbocycles. The number of carbonyl (C=O) groups excluding carboxylic acids is 6. The van der Waals surface area contributed by atoms with Gasteiger partial charge in [0.15, 0.2) is 0 Å². The van der Waals surface area contributed by atoms with E-state index in [9.17, 15) is 33.9 Å². The lowest BCUT2D eigenvalue weighted by Crippen LogP contribution is -2.60. The van der Waals surface area contributed by atoms with Gasteiger partial charge in [0.25, 0.3) is 0 Å². The van der Waals surface area contributed by atoms with E-state index < -0.39 is 84.3 Å². The number of benzene rings is 2. The highest BCUT2D eigenvalue weighted by molar-refractivity contribution is 6.02. The fourth-order valence-electron chi connectivity index (χ4n) is 5.37. The van der Waals surface area contributed by atoms with Crippen LogP contribution in [0.2, 0.25) is 0 Å². The number of carbonyl (C=O) groups is 6. The number of ether oxygens (including phenoxy) is 2. The minimum atomic E-state index is -1.62. The van der Waals surface area contributed by atoms with E-state index in [0.717, 1.165) is 12.0 Å². The molecule has 50 heavy (non-hydrogen) atoms. The average molecular weight is 698 g/mol. The molecule has 0 aliphatic carbocycles. The zero-order valence-electron chi connectivity index (χ0n) is 29.6. The second-order valence-electron chi connectivity index (χ2n) is 12.4. The second kappa shape index (κ2) is 20.1. The van der Waals surface area contributed by atoms with E-state index in [0.29, 0.717) is 28.9 Å². The molecule has 274 valence electrons. The number of amides is 5. The maximum atomic E-state index is 14.1. The Kier molecular flexibility index (Phi) is 16.7. The van der Waals surface area contributed by atoms with Crippen molar-refractivity contribution >= 4 is 35.7 Å². The smallest absolute Gasteiger partial charge is 0.417 e. The highest BCUT2D eigenvalue weighted by Crippen LogP contribution is 2.27. The minimum absolute atomic E-state index is 0.0425. The molecule has 6 atom stereocenters. The number of esters is 1. The van der Waals surface area contributed by atoms with E-state index >= 15 is 0 Å². The molecule has 0 saturated heterocycles. The first-order valence-corrected chi connectivity index (χ1v) is 16.7. The van der Waals surface area contributed by atoms with Gasteiger partial charge in [0.05, 0.1) is 31.8 Å². The molecule has 14 heteroatoms. The van der Waals surface area contributed by atoms with Crippen LogP contribution in [0.25, 0.3) is 0 Å². The molecule has 2 aromatic carbocycles. The first-order chi connectivity index (χ1) is 23.7. The van der Waals surface area contributed by atoms with Crippen LogP contribution in [-0.2, 0) is 40.1 Å². The summed E-state index contributed by atoms with van der Waals surface area (Å²) in [5.41, 5.74) is 13.4. The molecule has 2 rings (SSSR count). The van der Waals surface area contributed by atoms with Gasteiger partial charge < -0.3 is 31.4 Å². The maximum Gasteiger partial charge on any atom is 0.417 e. The fourth-order valence-corrected chi connectivity index (χ4v) is 5.37. The van der Waals surface area contributed by atoms with Gasteiger partial charge in [-0.15, -0.1) is 0 Å². The van der Waals surface area contributed by atoms with Crippen LogP contribution in [-0.4, -0.2) is 88.5 Å². The van der Waals surface area contributed by atoms with Crippen LogP contribution >= 0.6 is 0 Å². The normalized spacial score (nSPS) is 14.7. The molecule has 5 amide bonds. The van der Waals surface area contributed by atoms with Crippen LogP contribution < -0.4 is 16.8 Å². The Labute approximate surface area is 293 Å². The summed E-state index contributed by atoms with van der Waals surface area (Å²) < 4.78 is 10.3. The zero-order valence-corrected chi connectivity index (χ0v) is 29.6. The number of nitrogens with two attached hydrogens (primary N) is 2. The maximum absolute atomic E-state index is 14.1. The lowest BCUT2D eigenvalue weighted by Gasteiger charge is -2.37. The van der Waals surface area contributed by atoms with Crippen LogP contribution in [0.1, 0.15) is 71.0 Å². The summed E-state index contributed by atoms with van der Waals surface area (Å²) in [6.45, 7) is 6.91. The van der Waals surface area contributed by atoms with E-state index in [1.165, 1.54) is 13.8 Å². The third-order valence-corrected chi connectivity index (χ3v) is 8.24. The van der Waals surface area contributed by atoms with Gasteiger partial charge >= 0.3 is 12.1 Å². The van der Waals surface area contributed by atoms with E-state index in [1.807, 2.05) is 6.92 Å². The summed E-state index contributed by atoms with van der Waals surface area (Å²) in [5.74, 6) is -5.93. The highest BCUT2D eigenvalue weighted by atomic mass is 16.6. The molecule has 0 spiro atoms. The Balaban J connectivity index is 2.51. The van der Waals surface area contributed by atoms with Crippen LogP contribution in [0.5, 0.6) is 0 Å². The van der Waals surface area contributed by atoms with Crippen LogP contribution in [0, 0.1) is 11.8 Å². The number of aliphatic hydroxyl groups is 1. The van der Waals surface area contributed by atoms with Crippen molar-refractivity contribution < 1.29 is 43.3 Å². The molecular formula is C36H51N5O9. The van der Waals surface area contributed by atoms with E-state index in [4.69, 9.17) is 20.9 Å². The molecule has 0 aromatic heterocycles. The minimum Gasteiger partial charge on any atom is -0.467 e. The molecule has 0 aliphatic rings. The number of imide groups is 2. The Morgan fingerprint density at radius 1 is 0.860 bits per heavy atom. The summed E-state index contributed by atoms with van der Waals surface area (Å²) in [6.07, 6.45) is -0.0618. The summed E-state index contributed by atoms with van der Waals surface area (Å²) in [7, 11) is 1.15. The number of rotatable bonds is 17. The molecule has 0 heterocycles. The van der Waals surface area contributed by atoms with Crippen molar-refractivity contribution in [2.75, 3.05) is 13.7 Å². The lowest BCUT2D eigenvalue weighted by atomic mass is 9.86. The van der Waals surface area contributed by atoms with Crippen molar-refractivity contribution in [1.29, 1.82) is 0 Å². The SMILES string of the molecule is CCCCC(=O)N(C(=O)C(N)C(CO)[C@H](NC(=O)[C@H](C)N(C(=O)OCc1ccccc1)C(=O)[C@H](C)N)c1ccccc1)C(C(=O)OC)C(C)C. The van der Waals surface area contributed by atoms with Gasteiger partial charge in [-0.2, -0.15) is 0 Å². The van der Waals surface area contributed by atoms with Gasteiger partial charge in [0.2, 0.25) is 23.6 Å². The topological polar surface area (TPSA) is 212 Å². The van der Waals surface area contributed by atoms with Crippen molar-refractivity contribution in [3.05, 3.63) is 71.8 Å². The zero-order chi connectivity index (χ0) is 37.5. The van der Waals surface area contributed by atoms with Gasteiger partial charge in [0.1, 0.15) is 18.7 Å². The Hall–Kier alpha value is -4.66. The lowest BCUT2D eigenvalue weighted by molar-refractivity contribution is -0.163. The highest BCUT2D eigenvalue weighted by Gasteiger charge is 2.44.